The number of carbonyl (C=O) groups is 5. The SMILES string of the molecule is CC(C)CC(NC(=O)C(C)N)C(=O)N1CCCC1C(=O)NC(Cc1cnc[nH]1)C(=O)NC(C)C(=O)O. The lowest BCUT2D eigenvalue weighted by atomic mass is 10.0. The van der Waals surface area contributed by atoms with Crippen LogP contribution in [0, 0.1) is 5.92 Å². The Kier molecular flexibility index (Phi) is 10.4. The third kappa shape index (κ3) is 8.04. The van der Waals surface area contributed by atoms with Crippen molar-refractivity contribution in [3.63, 3.8) is 0 Å². The Morgan fingerprint density at radius 1 is 1.11 bits per heavy atom. The number of rotatable bonds is 12. The highest BCUT2D eigenvalue weighted by Crippen LogP contribution is 2.21. The van der Waals surface area contributed by atoms with Crippen LogP contribution < -0.4 is 21.7 Å². The summed E-state index contributed by atoms with van der Waals surface area (Å²) >= 11 is 0. The predicted molar refractivity (Wildman–Crippen MR) is 129 cm³/mol. The highest BCUT2D eigenvalue weighted by molar-refractivity contribution is 5.95. The minimum atomic E-state index is -1.22. The Hall–Kier alpha value is -3.48. The fraction of sp³-hybridized carbons (Fsp3) is 0.652. The summed E-state index contributed by atoms with van der Waals surface area (Å²) in [5, 5.41) is 16.9. The molecular weight excluding hydrogens is 470 g/mol. The molecule has 0 aliphatic carbocycles. The maximum Gasteiger partial charge on any atom is 0.325 e. The van der Waals surface area contributed by atoms with Crippen LogP contribution in [-0.4, -0.2) is 86.3 Å². The van der Waals surface area contributed by atoms with E-state index in [-0.39, 0.29) is 18.2 Å². The zero-order valence-corrected chi connectivity index (χ0v) is 21.1. The molecule has 1 saturated heterocycles. The van der Waals surface area contributed by atoms with Gasteiger partial charge in [0.25, 0.3) is 0 Å². The number of hydrogen-bond donors (Lipinski definition) is 6. The van der Waals surface area contributed by atoms with Gasteiger partial charge in [0.15, 0.2) is 0 Å². The molecule has 0 aromatic carbocycles. The lowest BCUT2D eigenvalue weighted by Crippen LogP contribution is -2.58. The molecule has 5 unspecified atom stereocenters. The van der Waals surface area contributed by atoms with Gasteiger partial charge in [0.2, 0.25) is 23.6 Å². The van der Waals surface area contributed by atoms with Crippen LogP contribution >= 0.6 is 0 Å². The number of carboxylic acids is 1. The molecule has 200 valence electrons. The van der Waals surface area contributed by atoms with Gasteiger partial charge in [0.05, 0.1) is 12.4 Å². The molecule has 2 rings (SSSR count). The number of likely N-dealkylation sites (tertiary alicyclic amines) is 1. The van der Waals surface area contributed by atoms with Gasteiger partial charge in [-0.3, -0.25) is 24.0 Å². The Balaban J connectivity index is 2.18. The number of carbonyl (C=O) groups excluding carboxylic acids is 4. The number of H-pyrrole nitrogens is 1. The number of carboxylic acid groups (broad SMARTS) is 1. The van der Waals surface area contributed by atoms with Crippen molar-refractivity contribution in [1.82, 2.24) is 30.8 Å². The molecule has 0 radical (unpaired) electrons. The van der Waals surface area contributed by atoms with Gasteiger partial charge in [0, 0.05) is 24.9 Å². The molecule has 0 spiro atoms. The van der Waals surface area contributed by atoms with Crippen LogP contribution in [0.4, 0.5) is 0 Å². The average molecular weight is 508 g/mol. The number of aliphatic carboxylic acids is 1. The lowest BCUT2D eigenvalue weighted by Gasteiger charge is -2.30. The smallest absolute Gasteiger partial charge is 0.325 e. The molecule has 13 nitrogen and oxygen atoms in total. The van der Waals surface area contributed by atoms with E-state index in [9.17, 15) is 24.0 Å². The summed E-state index contributed by atoms with van der Waals surface area (Å²) in [6.07, 6.45) is 4.31. The number of aromatic nitrogens is 2. The Morgan fingerprint density at radius 3 is 2.36 bits per heavy atom. The molecule has 36 heavy (non-hydrogen) atoms. The largest absolute Gasteiger partial charge is 0.480 e. The molecule has 1 aliphatic rings. The molecule has 4 amide bonds. The van der Waals surface area contributed by atoms with Crippen molar-refractivity contribution < 1.29 is 29.1 Å². The minimum Gasteiger partial charge on any atom is -0.480 e. The first-order valence-electron chi connectivity index (χ1n) is 12.1. The maximum absolute atomic E-state index is 13.4. The summed E-state index contributed by atoms with van der Waals surface area (Å²) in [5.74, 6) is -3.17. The molecule has 7 N–H and O–H groups in total. The third-order valence-electron chi connectivity index (χ3n) is 5.91. The first-order chi connectivity index (χ1) is 16.9. The van der Waals surface area contributed by atoms with E-state index in [1.165, 1.54) is 31.3 Å². The average Bonchev–Trinajstić information content (AvgIpc) is 3.49. The van der Waals surface area contributed by atoms with Crippen molar-refractivity contribution in [2.24, 2.45) is 11.7 Å². The van der Waals surface area contributed by atoms with Crippen molar-refractivity contribution in [3.05, 3.63) is 18.2 Å². The molecule has 13 heteroatoms. The van der Waals surface area contributed by atoms with Gasteiger partial charge >= 0.3 is 5.97 Å². The second-order valence-corrected chi connectivity index (χ2v) is 9.58. The Morgan fingerprint density at radius 2 is 1.81 bits per heavy atom. The quantitative estimate of drug-likeness (QED) is 0.205. The van der Waals surface area contributed by atoms with E-state index in [4.69, 9.17) is 10.8 Å². The van der Waals surface area contributed by atoms with Gasteiger partial charge < -0.3 is 36.7 Å². The van der Waals surface area contributed by atoms with Crippen LogP contribution in [0.25, 0.3) is 0 Å². The summed E-state index contributed by atoms with van der Waals surface area (Å²) in [6, 6.07) is -4.72. The van der Waals surface area contributed by atoms with Crippen molar-refractivity contribution in [3.8, 4) is 0 Å². The van der Waals surface area contributed by atoms with Gasteiger partial charge in [-0.15, -0.1) is 0 Å². The first kappa shape index (κ1) is 28.8. The zero-order valence-electron chi connectivity index (χ0n) is 21.1. The second kappa shape index (κ2) is 13.0. The van der Waals surface area contributed by atoms with Crippen LogP contribution in [-0.2, 0) is 30.4 Å². The van der Waals surface area contributed by atoms with Gasteiger partial charge in [-0.25, -0.2) is 4.98 Å². The monoisotopic (exact) mass is 507 g/mol. The molecule has 1 aliphatic heterocycles. The normalized spacial score (nSPS) is 18.7. The summed E-state index contributed by atoms with van der Waals surface area (Å²) in [6.45, 7) is 7.01. The number of nitrogens with one attached hydrogen (secondary N) is 4. The minimum absolute atomic E-state index is 0.0466. The molecule has 0 saturated carbocycles. The zero-order chi connectivity index (χ0) is 27.0. The van der Waals surface area contributed by atoms with Crippen molar-refractivity contribution in [1.29, 1.82) is 0 Å². The number of imidazole rings is 1. The molecule has 1 aromatic rings. The lowest BCUT2D eigenvalue weighted by molar-refractivity contribution is -0.143. The highest BCUT2D eigenvalue weighted by atomic mass is 16.4. The van der Waals surface area contributed by atoms with Crippen molar-refractivity contribution in [2.75, 3.05) is 6.54 Å². The summed E-state index contributed by atoms with van der Waals surface area (Å²) in [7, 11) is 0. The van der Waals surface area contributed by atoms with E-state index in [1.54, 1.807) is 0 Å². The van der Waals surface area contributed by atoms with Crippen LogP contribution in [0.2, 0.25) is 0 Å². The fourth-order valence-electron chi connectivity index (χ4n) is 3.97. The summed E-state index contributed by atoms with van der Waals surface area (Å²) < 4.78 is 0. The van der Waals surface area contributed by atoms with E-state index in [0.29, 0.717) is 31.5 Å². The molecular formula is C23H37N7O6. The maximum atomic E-state index is 13.4. The molecule has 0 bridgehead atoms. The molecule has 1 fully saturated rings. The second-order valence-electron chi connectivity index (χ2n) is 9.58. The molecule has 2 heterocycles. The van der Waals surface area contributed by atoms with Crippen LogP contribution in [0.5, 0.6) is 0 Å². The fourth-order valence-corrected chi connectivity index (χ4v) is 3.97. The van der Waals surface area contributed by atoms with E-state index < -0.39 is 53.9 Å². The number of nitrogens with two attached hydrogens (primary N) is 1. The van der Waals surface area contributed by atoms with E-state index >= 15 is 0 Å². The number of aromatic amines is 1. The summed E-state index contributed by atoms with van der Waals surface area (Å²) in [5.41, 5.74) is 6.22. The van der Waals surface area contributed by atoms with Crippen LogP contribution in [0.1, 0.15) is 52.7 Å². The van der Waals surface area contributed by atoms with Gasteiger partial charge in [0.1, 0.15) is 24.2 Å². The number of amides is 4. The highest BCUT2D eigenvalue weighted by Gasteiger charge is 2.39. The van der Waals surface area contributed by atoms with E-state index in [2.05, 4.69) is 25.9 Å². The van der Waals surface area contributed by atoms with E-state index in [1.807, 2.05) is 13.8 Å². The number of hydrogen-bond acceptors (Lipinski definition) is 7. The van der Waals surface area contributed by atoms with E-state index in [0.717, 1.165) is 0 Å². The topological polar surface area (TPSA) is 200 Å². The van der Waals surface area contributed by atoms with Gasteiger partial charge in [-0.1, -0.05) is 13.8 Å². The Bertz CT molecular complexity index is 933. The predicted octanol–water partition coefficient (Wildman–Crippen LogP) is -1.10. The standard InChI is InChI=1S/C23H37N7O6/c1-12(2)8-17(29-19(31)13(3)24)22(34)30-7-5-6-18(30)21(33)28-16(9-15-10-25-11-26-15)20(32)27-14(4)23(35)36/h10-14,16-18H,5-9,24H2,1-4H3,(H,25,26)(H,27,32)(H,28,33)(H,29,31)(H,35,36). The van der Waals surface area contributed by atoms with Gasteiger partial charge in [-0.05, 0) is 39.0 Å². The Labute approximate surface area is 210 Å². The van der Waals surface area contributed by atoms with Gasteiger partial charge in [-0.2, -0.15) is 0 Å². The van der Waals surface area contributed by atoms with Crippen molar-refractivity contribution >= 4 is 29.6 Å². The van der Waals surface area contributed by atoms with Crippen molar-refractivity contribution in [2.45, 2.75) is 83.6 Å². The first-order valence-corrected chi connectivity index (χ1v) is 12.1. The molecule has 5 atom stereocenters. The number of nitrogens with zero attached hydrogens (tertiary/aromatic N) is 2. The summed E-state index contributed by atoms with van der Waals surface area (Å²) in [4.78, 5) is 71.0. The van der Waals surface area contributed by atoms with Crippen LogP contribution in [0.3, 0.4) is 0 Å². The third-order valence-corrected chi connectivity index (χ3v) is 5.91. The molecule has 1 aromatic heterocycles. The van der Waals surface area contributed by atoms with Crippen LogP contribution in [0.15, 0.2) is 12.5 Å².